The summed E-state index contributed by atoms with van der Waals surface area (Å²) < 4.78 is 95.2. The van der Waals surface area contributed by atoms with Crippen molar-refractivity contribution in [2.75, 3.05) is 39.8 Å². The van der Waals surface area contributed by atoms with Gasteiger partial charge in [0.2, 0.25) is 17.7 Å². The van der Waals surface area contributed by atoms with Gasteiger partial charge in [-0.1, -0.05) is 6.07 Å². The van der Waals surface area contributed by atoms with Gasteiger partial charge < -0.3 is 19.8 Å². The van der Waals surface area contributed by atoms with Gasteiger partial charge in [-0.3, -0.25) is 14.4 Å². The Labute approximate surface area is 261 Å². The molecule has 3 amide bonds. The first-order valence-corrected chi connectivity index (χ1v) is 14.9. The highest BCUT2D eigenvalue weighted by Crippen LogP contribution is 2.40. The van der Waals surface area contributed by atoms with Crippen LogP contribution < -0.4 is 0 Å². The summed E-state index contributed by atoms with van der Waals surface area (Å²) in [6.07, 6.45) is -9.16. The largest absolute Gasteiger partial charge is 0.416 e. The fraction of sp³-hybridized carbons (Fsp3) is 0.531. The summed E-state index contributed by atoms with van der Waals surface area (Å²) in [5.41, 5.74) is -2.19. The summed E-state index contributed by atoms with van der Waals surface area (Å²) in [5, 5.41) is 9.13. The van der Waals surface area contributed by atoms with E-state index in [2.05, 4.69) is 0 Å². The fourth-order valence-corrected chi connectivity index (χ4v) is 6.45. The molecule has 2 aromatic carbocycles. The van der Waals surface area contributed by atoms with Crippen LogP contribution >= 0.6 is 0 Å². The molecule has 0 radical (unpaired) electrons. The number of hydrogen-bond acceptors (Lipinski definition) is 4. The first-order valence-electron chi connectivity index (χ1n) is 14.9. The van der Waals surface area contributed by atoms with Crippen LogP contribution in [-0.4, -0.2) is 77.4 Å². The van der Waals surface area contributed by atoms with Crippen molar-refractivity contribution in [3.63, 3.8) is 0 Å². The van der Waals surface area contributed by atoms with Gasteiger partial charge in [-0.05, 0) is 80.1 Å². The molecule has 2 unspecified atom stereocenters. The maximum atomic E-state index is 14.0. The average Bonchev–Trinajstić information content (AvgIpc) is 3.01. The molecule has 4 rings (SSSR count). The molecule has 0 spiro atoms. The summed E-state index contributed by atoms with van der Waals surface area (Å²) in [6.45, 7) is 3.25. The van der Waals surface area contributed by atoms with Gasteiger partial charge in [0.1, 0.15) is 12.4 Å². The molecule has 2 saturated heterocycles. The first-order chi connectivity index (χ1) is 21.4. The van der Waals surface area contributed by atoms with Crippen LogP contribution in [0, 0.1) is 24.6 Å². The van der Waals surface area contributed by atoms with Gasteiger partial charge in [0, 0.05) is 51.0 Å². The van der Waals surface area contributed by atoms with Gasteiger partial charge in [0.05, 0.1) is 17.2 Å². The number of amides is 3. The van der Waals surface area contributed by atoms with Crippen LogP contribution in [0.3, 0.4) is 0 Å². The zero-order valence-electron chi connectivity index (χ0n) is 25.6. The highest BCUT2D eigenvalue weighted by molar-refractivity contribution is 5.83. The van der Waals surface area contributed by atoms with E-state index in [9.17, 15) is 45.1 Å². The number of carbonyl (C=O) groups excluding carboxylic acids is 3. The number of alkyl halides is 6. The van der Waals surface area contributed by atoms with Crippen LogP contribution in [-0.2, 0) is 26.7 Å². The molecule has 46 heavy (non-hydrogen) atoms. The number of nitrogens with zero attached hydrogens (tertiary/aromatic N) is 3. The number of piperidine rings is 2. The topological polar surface area (TPSA) is 81.2 Å². The first kappa shape index (κ1) is 35.2. The van der Waals surface area contributed by atoms with Gasteiger partial charge in [-0.15, -0.1) is 0 Å². The lowest BCUT2D eigenvalue weighted by atomic mass is 9.77. The number of rotatable bonds is 6. The minimum Gasteiger partial charge on any atom is -0.387 e. The maximum Gasteiger partial charge on any atom is 0.416 e. The van der Waals surface area contributed by atoms with Crippen molar-refractivity contribution in [1.29, 1.82) is 0 Å². The third kappa shape index (κ3) is 7.64. The molecular formula is C32H36F7N3O4. The van der Waals surface area contributed by atoms with E-state index < -0.39 is 71.5 Å². The van der Waals surface area contributed by atoms with Crippen LogP contribution in [0.2, 0.25) is 0 Å². The van der Waals surface area contributed by atoms with Crippen molar-refractivity contribution in [2.24, 2.45) is 11.8 Å². The average molecular weight is 660 g/mol. The molecule has 2 aliphatic heterocycles. The predicted octanol–water partition coefficient (Wildman–Crippen LogP) is 5.55. The monoisotopic (exact) mass is 659 g/mol. The Hall–Kier alpha value is -3.68. The Bertz CT molecular complexity index is 1420. The highest BCUT2D eigenvalue weighted by Gasteiger charge is 2.42. The van der Waals surface area contributed by atoms with Gasteiger partial charge in [0.25, 0.3) is 0 Å². The number of likely N-dealkylation sites (tertiary alicyclic amines) is 2. The van der Waals surface area contributed by atoms with E-state index in [0.717, 1.165) is 4.90 Å². The third-order valence-corrected chi connectivity index (χ3v) is 9.23. The molecule has 2 aliphatic rings. The van der Waals surface area contributed by atoms with Crippen LogP contribution in [0.25, 0.3) is 0 Å². The van der Waals surface area contributed by atoms with Gasteiger partial charge >= 0.3 is 12.4 Å². The third-order valence-electron chi connectivity index (χ3n) is 9.23. The lowest BCUT2D eigenvalue weighted by Crippen LogP contribution is -2.51. The standard InChI is InChI=1S/C32H36F7N3O4/c1-18-12-24(33)4-5-25(18)27-16-42(29(45)20-6-9-41(10-7-20)28(44)17-43)11-8-26(27)30(46)40(3)19(2)21-13-22(31(34,35)36)15-23(14-21)32(37,38)39/h4-5,12-15,19-20,26-27,43H,6-11,16-17H2,1-3H3/t19-,26?,27?/m1/s1. The van der Waals surface area contributed by atoms with Crippen molar-refractivity contribution in [3.05, 3.63) is 70.0 Å². The Morgan fingerprint density at radius 2 is 1.48 bits per heavy atom. The maximum absolute atomic E-state index is 14.0. The fourth-order valence-electron chi connectivity index (χ4n) is 6.45. The molecular weight excluding hydrogens is 623 g/mol. The minimum absolute atomic E-state index is 0.0342. The van der Waals surface area contributed by atoms with E-state index in [1.54, 1.807) is 11.8 Å². The molecule has 0 aromatic heterocycles. The van der Waals surface area contributed by atoms with E-state index in [4.69, 9.17) is 5.11 Å². The van der Waals surface area contributed by atoms with Crippen LogP contribution in [0.5, 0.6) is 0 Å². The number of hydrogen-bond donors (Lipinski definition) is 1. The zero-order valence-corrected chi connectivity index (χ0v) is 25.6. The number of halogens is 7. The molecule has 7 nitrogen and oxygen atoms in total. The lowest BCUT2D eigenvalue weighted by Gasteiger charge is -2.42. The molecule has 2 aromatic rings. The van der Waals surface area contributed by atoms with E-state index in [0.29, 0.717) is 49.2 Å². The number of aliphatic hydroxyl groups is 1. The second-order valence-corrected chi connectivity index (χ2v) is 12.1. The molecule has 1 N–H and O–H groups in total. The SMILES string of the molecule is Cc1cc(F)ccc1C1CN(C(=O)C2CCN(C(=O)CO)CC2)CCC1C(=O)N(C)[C@H](C)c1cc(C(F)(F)F)cc(C(F)(F)F)c1. The van der Waals surface area contributed by atoms with Crippen LogP contribution in [0.1, 0.15) is 66.0 Å². The number of aryl methyl sites for hydroxylation is 1. The molecule has 0 saturated carbocycles. The van der Waals surface area contributed by atoms with Crippen LogP contribution in [0.15, 0.2) is 36.4 Å². The second kappa shape index (κ2) is 13.6. The molecule has 2 fully saturated rings. The molecule has 3 atom stereocenters. The number of carbonyl (C=O) groups is 3. The minimum atomic E-state index is -5.05. The predicted molar refractivity (Wildman–Crippen MR) is 153 cm³/mol. The lowest BCUT2D eigenvalue weighted by molar-refractivity contribution is -0.146. The van der Waals surface area contributed by atoms with Crippen molar-refractivity contribution in [1.82, 2.24) is 14.7 Å². The van der Waals surface area contributed by atoms with Gasteiger partial charge in [0.15, 0.2) is 0 Å². The summed E-state index contributed by atoms with van der Waals surface area (Å²) in [6, 6.07) is 4.11. The van der Waals surface area contributed by atoms with Gasteiger partial charge in [-0.2, -0.15) is 26.3 Å². The molecule has 2 heterocycles. The van der Waals surface area contributed by atoms with Crippen LogP contribution in [0.4, 0.5) is 30.7 Å². The highest BCUT2D eigenvalue weighted by atomic mass is 19.4. The van der Waals surface area contributed by atoms with Crippen molar-refractivity contribution >= 4 is 17.7 Å². The Kier molecular flexibility index (Phi) is 10.4. The van der Waals surface area contributed by atoms with Crippen molar-refractivity contribution in [2.45, 2.75) is 57.4 Å². The summed E-state index contributed by atoms with van der Waals surface area (Å²) in [7, 11) is 1.31. The number of benzene rings is 2. The Morgan fingerprint density at radius 3 is 2.00 bits per heavy atom. The normalized spacial score (nSPS) is 20.4. The molecule has 0 aliphatic carbocycles. The van der Waals surface area contributed by atoms with Crippen molar-refractivity contribution in [3.8, 4) is 0 Å². The van der Waals surface area contributed by atoms with E-state index in [1.807, 2.05) is 0 Å². The van der Waals surface area contributed by atoms with E-state index in [1.165, 1.54) is 37.1 Å². The number of aliphatic hydroxyl groups excluding tert-OH is 1. The van der Waals surface area contributed by atoms with E-state index >= 15 is 0 Å². The quantitative estimate of drug-likeness (QED) is 0.413. The second-order valence-electron chi connectivity index (χ2n) is 12.1. The Morgan fingerprint density at radius 1 is 0.913 bits per heavy atom. The van der Waals surface area contributed by atoms with Crippen molar-refractivity contribution < 1.29 is 50.2 Å². The van der Waals surface area contributed by atoms with E-state index in [-0.39, 0.29) is 37.0 Å². The zero-order chi connectivity index (χ0) is 34.1. The summed E-state index contributed by atoms with van der Waals surface area (Å²) >= 11 is 0. The molecule has 252 valence electrons. The summed E-state index contributed by atoms with van der Waals surface area (Å²) in [4.78, 5) is 43.6. The smallest absolute Gasteiger partial charge is 0.387 e. The Balaban J connectivity index is 1.60. The van der Waals surface area contributed by atoms with Gasteiger partial charge in [-0.25, -0.2) is 4.39 Å². The summed E-state index contributed by atoms with van der Waals surface area (Å²) in [5.74, 6) is -3.46. The molecule has 0 bridgehead atoms. The molecule has 14 heteroatoms.